The monoisotopic (exact) mass is 396 g/mol. The van der Waals surface area contributed by atoms with Gasteiger partial charge in [-0.25, -0.2) is 4.98 Å². The fourth-order valence-electron chi connectivity index (χ4n) is 4.88. The number of pyridine rings is 1. The molecule has 6 nitrogen and oxygen atoms in total. The van der Waals surface area contributed by atoms with Gasteiger partial charge in [-0.15, -0.1) is 0 Å². The van der Waals surface area contributed by atoms with Crippen molar-refractivity contribution in [3.63, 3.8) is 0 Å². The van der Waals surface area contributed by atoms with E-state index in [2.05, 4.69) is 56.4 Å². The third-order valence-electron chi connectivity index (χ3n) is 6.59. The second-order valence-corrected chi connectivity index (χ2v) is 8.65. The number of hydrogen-bond acceptors (Lipinski definition) is 3. The minimum absolute atomic E-state index is 0.527. The van der Waals surface area contributed by atoms with Crippen LogP contribution in [-0.2, 0) is 6.42 Å². The Bertz CT molecular complexity index is 812. The topological polar surface area (TPSA) is 57.0 Å². The first kappa shape index (κ1) is 20.2. The maximum absolute atomic E-state index is 4.76. The van der Waals surface area contributed by atoms with E-state index in [4.69, 9.17) is 4.98 Å². The molecule has 158 valence electrons. The second-order valence-electron chi connectivity index (χ2n) is 8.65. The average molecular weight is 397 g/mol. The molecular formula is C23H36N6. The molecule has 0 radical (unpaired) electrons. The number of likely N-dealkylation sites (tertiary alicyclic amines) is 1. The molecule has 1 aliphatic carbocycles. The van der Waals surface area contributed by atoms with E-state index in [-0.39, 0.29) is 0 Å². The number of rotatable bonds is 5. The van der Waals surface area contributed by atoms with Gasteiger partial charge in [-0.3, -0.25) is 4.99 Å². The number of imidazole rings is 1. The van der Waals surface area contributed by atoms with Crippen molar-refractivity contribution in [3.8, 4) is 0 Å². The number of piperidine rings is 1. The molecule has 29 heavy (non-hydrogen) atoms. The average Bonchev–Trinajstić information content (AvgIpc) is 3.18. The molecule has 4 rings (SSSR count). The Morgan fingerprint density at radius 3 is 2.69 bits per heavy atom. The number of fused-ring (bicyclic) bond motifs is 1. The van der Waals surface area contributed by atoms with Crippen LogP contribution in [0.5, 0.6) is 0 Å². The Kier molecular flexibility index (Phi) is 6.70. The fraction of sp³-hybridized carbons (Fsp3) is 0.652. The molecule has 1 saturated carbocycles. The van der Waals surface area contributed by atoms with Crippen molar-refractivity contribution < 1.29 is 0 Å². The normalized spacial score (nSPS) is 20.3. The van der Waals surface area contributed by atoms with Crippen molar-refractivity contribution in [2.75, 3.05) is 26.7 Å². The van der Waals surface area contributed by atoms with E-state index in [1.54, 1.807) is 0 Å². The van der Waals surface area contributed by atoms with Crippen LogP contribution in [0.4, 0.5) is 0 Å². The van der Waals surface area contributed by atoms with E-state index >= 15 is 0 Å². The van der Waals surface area contributed by atoms with E-state index in [1.807, 2.05) is 7.05 Å². The molecule has 2 N–H and O–H groups in total. The Morgan fingerprint density at radius 2 is 1.97 bits per heavy atom. The highest BCUT2D eigenvalue weighted by Crippen LogP contribution is 2.25. The van der Waals surface area contributed by atoms with Crippen LogP contribution >= 0.6 is 0 Å². The first-order valence-electron chi connectivity index (χ1n) is 11.4. The van der Waals surface area contributed by atoms with Gasteiger partial charge >= 0.3 is 0 Å². The highest BCUT2D eigenvalue weighted by molar-refractivity contribution is 5.79. The van der Waals surface area contributed by atoms with Crippen molar-refractivity contribution in [2.45, 2.75) is 70.4 Å². The highest BCUT2D eigenvalue weighted by atomic mass is 15.2. The van der Waals surface area contributed by atoms with Crippen LogP contribution in [0.1, 0.15) is 56.2 Å². The minimum atomic E-state index is 0.527. The van der Waals surface area contributed by atoms with Crippen LogP contribution in [-0.4, -0.2) is 59.0 Å². The highest BCUT2D eigenvalue weighted by Gasteiger charge is 2.26. The minimum Gasteiger partial charge on any atom is -0.356 e. The first-order chi connectivity index (χ1) is 14.2. The Hall–Kier alpha value is -2.08. The van der Waals surface area contributed by atoms with Gasteiger partial charge in [0.1, 0.15) is 5.65 Å². The molecule has 2 aliphatic rings. The van der Waals surface area contributed by atoms with Crippen LogP contribution in [0.25, 0.3) is 5.65 Å². The lowest BCUT2D eigenvalue weighted by molar-refractivity contribution is 0.119. The molecule has 0 bridgehead atoms. The van der Waals surface area contributed by atoms with Gasteiger partial charge in [0.15, 0.2) is 5.96 Å². The molecule has 6 heteroatoms. The fourth-order valence-corrected chi connectivity index (χ4v) is 4.88. The number of aryl methyl sites for hydroxylation is 1. The molecule has 0 unspecified atom stereocenters. The number of aromatic nitrogens is 2. The van der Waals surface area contributed by atoms with Gasteiger partial charge in [0, 0.05) is 57.6 Å². The van der Waals surface area contributed by atoms with Crippen molar-refractivity contribution in [3.05, 3.63) is 35.8 Å². The molecular weight excluding hydrogens is 360 g/mol. The lowest BCUT2D eigenvalue weighted by Crippen LogP contribution is -2.51. The zero-order chi connectivity index (χ0) is 20.1. The number of nitrogens with one attached hydrogen (secondary N) is 2. The summed E-state index contributed by atoms with van der Waals surface area (Å²) in [6.07, 6.45) is 14.6. The Labute approximate surface area is 174 Å². The second kappa shape index (κ2) is 9.61. The summed E-state index contributed by atoms with van der Waals surface area (Å²) in [6.45, 7) is 5.39. The number of nitrogens with zero attached hydrogens (tertiary/aromatic N) is 4. The molecule has 2 fully saturated rings. The molecule has 1 aliphatic heterocycles. The summed E-state index contributed by atoms with van der Waals surface area (Å²) in [5.74, 6) is 0.918. The van der Waals surface area contributed by atoms with Gasteiger partial charge in [0.25, 0.3) is 0 Å². The Morgan fingerprint density at radius 1 is 1.17 bits per heavy atom. The van der Waals surface area contributed by atoms with E-state index in [0.717, 1.165) is 36.3 Å². The molecule has 3 heterocycles. The van der Waals surface area contributed by atoms with Crippen LogP contribution in [0.2, 0.25) is 0 Å². The van der Waals surface area contributed by atoms with Crippen LogP contribution in [0, 0.1) is 6.92 Å². The summed E-state index contributed by atoms with van der Waals surface area (Å²) in [5.41, 5.74) is 3.38. The molecule has 2 aromatic heterocycles. The smallest absolute Gasteiger partial charge is 0.191 e. The van der Waals surface area contributed by atoms with Gasteiger partial charge in [0.2, 0.25) is 0 Å². The van der Waals surface area contributed by atoms with Gasteiger partial charge < -0.3 is 19.9 Å². The van der Waals surface area contributed by atoms with Gasteiger partial charge in [-0.2, -0.15) is 0 Å². The van der Waals surface area contributed by atoms with Crippen LogP contribution in [0.15, 0.2) is 29.5 Å². The molecule has 0 atom stereocenters. The van der Waals surface area contributed by atoms with Gasteiger partial charge in [-0.05, 0) is 44.2 Å². The maximum atomic E-state index is 4.76. The predicted molar refractivity (Wildman–Crippen MR) is 120 cm³/mol. The van der Waals surface area contributed by atoms with Crippen molar-refractivity contribution in [2.24, 2.45) is 4.99 Å². The van der Waals surface area contributed by atoms with Crippen LogP contribution < -0.4 is 10.6 Å². The van der Waals surface area contributed by atoms with Crippen molar-refractivity contribution >= 4 is 11.6 Å². The van der Waals surface area contributed by atoms with Crippen molar-refractivity contribution in [1.29, 1.82) is 0 Å². The van der Waals surface area contributed by atoms with Gasteiger partial charge in [-0.1, -0.05) is 25.3 Å². The number of guanidine groups is 1. The summed E-state index contributed by atoms with van der Waals surface area (Å²) in [4.78, 5) is 11.9. The maximum Gasteiger partial charge on any atom is 0.191 e. The zero-order valence-corrected chi connectivity index (χ0v) is 18.0. The summed E-state index contributed by atoms with van der Waals surface area (Å²) >= 11 is 0. The zero-order valence-electron chi connectivity index (χ0n) is 18.0. The molecule has 0 spiro atoms. The Balaban J connectivity index is 1.21. The lowest BCUT2D eigenvalue weighted by Gasteiger charge is -2.39. The number of aliphatic imine (C=N–C) groups is 1. The summed E-state index contributed by atoms with van der Waals surface area (Å²) in [5, 5.41) is 7.11. The first-order valence-corrected chi connectivity index (χ1v) is 11.4. The van der Waals surface area contributed by atoms with E-state index in [9.17, 15) is 0 Å². The molecule has 1 saturated heterocycles. The van der Waals surface area contributed by atoms with E-state index < -0.39 is 0 Å². The largest absolute Gasteiger partial charge is 0.356 e. The summed E-state index contributed by atoms with van der Waals surface area (Å²) < 4.78 is 2.11. The van der Waals surface area contributed by atoms with Crippen LogP contribution in [0.3, 0.4) is 0 Å². The number of hydrogen-bond donors (Lipinski definition) is 2. The summed E-state index contributed by atoms with van der Waals surface area (Å²) in [7, 11) is 1.86. The van der Waals surface area contributed by atoms with Gasteiger partial charge in [0.05, 0.1) is 5.69 Å². The quantitative estimate of drug-likeness (QED) is 0.602. The third kappa shape index (κ3) is 5.10. The molecule has 2 aromatic rings. The lowest BCUT2D eigenvalue weighted by atomic mass is 9.92. The predicted octanol–water partition coefficient (Wildman–Crippen LogP) is 3.15. The van der Waals surface area contributed by atoms with Crippen molar-refractivity contribution in [1.82, 2.24) is 24.9 Å². The standard InChI is InChI=1S/C23H36N6/c1-18-7-6-14-29-17-20(26-22(18)29)10-13-25-23(24-2)27-19-11-15-28(16-12-19)21-8-4-3-5-9-21/h6-7,14,17,19,21H,3-5,8-13,15-16H2,1-2H3,(H2,24,25,27). The SMILES string of the molecule is CN=C(NCCc1cn2cccc(C)c2n1)NC1CCN(C2CCCCC2)CC1. The molecule has 0 aromatic carbocycles. The third-order valence-corrected chi connectivity index (χ3v) is 6.59. The summed E-state index contributed by atoms with van der Waals surface area (Å²) in [6, 6.07) is 5.54. The van der Waals surface area contributed by atoms with E-state index in [0.29, 0.717) is 6.04 Å². The molecule has 0 amide bonds. The van der Waals surface area contributed by atoms with E-state index in [1.165, 1.54) is 63.6 Å².